The Hall–Kier alpha value is -3.37. The van der Waals surface area contributed by atoms with Crippen molar-refractivity contribution in [2.75, 3.05) is 11.9 Å². The van der Waals surface area contributed by atoms with Crippen molar-refractivity contribution in [3.63, 3.8) is 0 Å². The first kappa shape index (κ1) is 25.9. The average molecular weight is 474 g/mol. The summed E-state index contributed by atoms with van der Waals surface area (Å²) < 4.78 is 72.1. The number of carbonyl (C=O) groups excluding carboxylic acids is 1. The fourth-order valence-corrected chi connectivity index (χ4v) is 2.88. The first-order valence-corrected chi connectivity index (χ1v) is 9.84. The minimum Gasteiger partial charge on any atom is -0.478 e. The maximum absolute atomic E-state index is 14.5. The number of benzene rings is 2. The first-order chi connectivity index (χ1) is 15.2. The molecule has 0 spiro atoms. The number of alkyl carbamates (subject to hydrolysis) is 1. The molecule has 0 unspecified atom stereocenters. The van der Waals surface area contributed by atoms with E-state index in [1.165, 1.54) is 0 Å². The number of halogens is 5. The summed E-state index contributed by atoms with van der Waals surface area (Å²) in [6, 6.07) is 4.00. The summed E-state index contributed by atoms with van der Waals surface area (Å²) >= 11 is 0. The lowest BCUT2D eigenvalue weighted by atomic mass is 10.0. The lowest BCUT2D eigenvalue weighted by Crippen LogP contribution is -2.33. The Balaban J connectivity index is 2.23. The topological polar surface area (TPSA) is 87.7 Å². The second-order valence-electron chi connectivity index (χ2n) is 8.11. The van der Waals surface area contributed by atoms with Gasteiger partial charge in [0.15, 0.2) is 11.6 Å². The third-order valence-corrected chi connectivity index (χ3v) is 4.31. The van der Waals surface area contributed by atoms with Crippen LogP contribution < -0.4 is 10.6 Å². The lowest BCUT2D eigenvalue weighted by Gasteiger charge is -2.20. The molecular formula is C22H23F5N2O4. The van der Waals surface area contributed by atoms with E-state index in [2.05, 4.69) is 10.6 Å². The summed E-state index contributed by atoms with van der Waals surface area (Å²) in [6.07, 6.45) is -5.33. The van der Waals surface area contributed by atoms with Crippen LogP contribution in [0.4, 0.5) is 38.1 Å². The summed E-state index contributed by atoms with van der Waals surface area (Å²) in [4.78, 5) is 23.2. The third kappa shape index (κ3) is 7.33. The summed E-state index contributed by atoms with van der Waals surface area (Å²) in [5.41, 5.74) is -2.96. The summed E-state index contributed by atoms with van der Waals surface area (Å²) in [5, 5.41) is 14.4. The van der Waals surface area contributed by atoms with Gasteiger partial charge in [-0.2, -0.15) is 13.2 Å². The molecule has 1 amide bonds. The van der Waals surface area contributed by atoms with Crippen LogP contribution in [0.15, 0.2) is 30.3 Å². The highest BCUT2D eigenvalue weighted by atomic mass is 19.4. The molecular weight excluding hydrogens is 451 g/mol. The molecule has 0 aromatic heterocycles. The standard InChI is InChI=1S/C22H23F5N2O4/c1-21(2,3)33-20(32)28-10-4-5-13-16(9-7-15(23)18(13)24)29-17-8-6-12(22(25,26)27)11-14(17)19(30)31/h6-9,11,29H,4-5,10H2,1-3H3,(H,28,32)(H,30,31). The van der Waals surface area contributed by atoms with E-state index in [4.69, 9.17) is 4.74 Å². The van der Waals surface area contributed by atoms with Gasteiger partial charge in [0.2, 0.25) is 0 Å². The summed E-state index contributed by atoms with van der Waals surface area (Å²) in [7, 11) is 0. The SMILES string of the molecule is CC(C)(C)OC(=O)NCCCc1c(Nc2ccc(C(F)(F)F)cc2C(=O)O)ccc(F)c1F. The molecule has 0 radical (unpaired) electrons. The van der Waals surface area contributed by atoms with Gasteiger partial charge in [-0.05, 0) is 63.9 Å². The van der Waals surface area contributed by atoms with Crippen LogP contribution in [-0.4, -0.2) is 29.3 Å². The largest absolute Gasteiger partial charge is 0.478 e. The van der Waals surface area contributed by atoms with E-state index in [0.717, 1.165) is 18.2 Å². The summed E-state index contributed by atoms with van der Waals surface area (Å²) in [5.74, 6) is -3.98. The molecule has 3 N–H and O–H groups in total. The number of carboxylic acid groups (broad SMARTS) is 1. The van der Waals surface area contributed by atoms with Crippen LogP contribution in [0.3, 0.4) is 0 Å². The van der Waals surface area contributed by atoms with E-state index in [-0.39, 0.29) is 36.3 Å². The Morgan fingerprint density at radius 1 is 1.03 bits per heavy atom. The zero-order chi connectivity index (χ0) is 25.0. The number of carboxylic acids is 1. The van der Waals surface area contributed by atoms with Crippen molar-refractivity contribution < 1.29 is 41.4 Å². The van der Waals surface area contributed by atoms with Crippen molar-refractivity contribution >= 4 is 23.4 Å². The van der Waals surface area contributed by atoms with Gasteiger partial charge in [-0.25, -0.2) is 18.4 Å². The van der Waals surface area contributed by atoms with Gasteiger partial charge in [0.1, 0.15) is 5.60 Å². The van der Waals surface area contributed by atoms with Crippen molar-refractivity contribution in [3.05, 3.63) is 58.7 Å². The third-order valence-electron chi connectivity index (χ3n) is 4.31. The number of nitrogens with one attached hydrogen (secondary N) is 2. The maximum Gasteiger partial charge on any atom is 0.416 e. The van der Waals surface area contributed by atoms with Gasteiger partial charge in [0.05, 0.1) is 16.8 Å². The number of rotatable bonds is 7. The number of hydrogen-bond acceptors (Lipinski definition) is 4. The van der Waals surface area contributed by atoms with Gasteiger partial charge in [-0.1, -0.05) is 0 Å². The zero-order valence-electron chi connectivity index (χ0n) is 18.1. The molecule has 0 aliphatic heterocycles. The number of hydrogen-bond donors (Lipinski definition) is 3. The molecule has 0 bridgehead atoms. The highest BCUT2D eigenvalue weighted by Gasteiger charge is 2.32. The van der Waals surface area contributed by atoms with Gasteiger partial charge in [-0.3, -0.25) is 0 Å². The van der Waals surface area contributed by atoms with Crippen molar-refractivity contribution in [1.82, 2.24) is 5.32 Å². The molecule has 2 rings (SSSR count). The maximum atomic E-state index is 14.5. The van der Waals surface area contributed by atoms with Gasteiger partial charge < -0.3 is 20.5 Å². The van der Waals surface area contributed by atoms with E-state index in [0.29, 0.717) is 12.1 Å². The number of ether oxygens (including phenoxy) is 1. The molecule has 2 aromatic rings. The number of amides is 1. The van der Waals surface area contributed by atoms with Crippen LogP contribution in [-0.2, 0) is 17.3 Å². The van der Waals surface area contributed by atoms with Crippen LogP contribution in [0.2, 0.25) is 0 Å². The number of alkyl halides is 3. The molecule has 0 aliphatic rings. The molecule has 6 nitrogen and oxygen atoms in total. The Morgan fingerprint density at radius 2 is 1.67 bits per heavy atom. The van der Waals surface area contributed by atoms with E-state index in [1.54, 1.807) is 20.8 Å². The molecule has 0 fully saturated rings. The zero-order valence-corrected chi connectivity index (χ0v) is 18.1. The fourth-order valence-electron chi connectivity index (χ4n) is 2.88. The number of carbonyl (C=O) groups is 2. The lowest BCUT2D eigenvalue weighted by molar-refractivity contribution is -0.137. The molecule has 33 heavy (non-hydrogen) atoms. The fraction of sp³-hybridized carbons (Fsp3) is 0.364. The Bertz CT molecular complexity index is 1030. The Kier molecular flexibility index (Phi) is 7.89. The van der Waals surface area contributed by atoms with Crippen molar-refractivity contribution in [1.29, 1.82) is 0 Å². The predicted octanol–water partition coefficient (Wildman–Crippen LogP) is 5.88. The average Bonchev–Trinajstić information content (AvgIpc) is 2.67. The minimum atomic E-state index is -4.75. The van der Waals surface area contributed by atoms with E-state index in [1.807, 2.05) is 0 Å². The molecule has 0 saturated heterocycles. The van der Waals surface area contributed by atoms with Gasteiger partial charge >= 0.3 is 18.2 Å². The molecule has 0 atom stereocenters. The molecule has 0 heterocycles. The number of anilines is 2. The van der Waals surface area contributed by atoms with Crippen LogP contribution in [0.5, 0.6) is 0 Å². The number of aromatic carboxylic acids is 1. The van der Waals surface area contributed by atoms with Gasteiger partial charge in [-0.15, -0.1) is 0 Å². The highest BCUT2D eigenvalue weighted by Crippen LogP contribution is 2.34. The Morgan fingerprint density at radius 3 is 2.24 bits per heavy atom. The van der Waals surface area contributed by atoms with Crippen molar-refractivity contribution in [2.45, 2.75) is 45.4 Å². The Labute approximate surface area is 186 Å². The first-order valence-electron chi connectivity index (χ1n) is 9.84. The van der Waals surface area contributed by atoms with Crippen molar-refractivity contribution in [3.8, 4) is 0 Å². The molecule has 0 saturated carbocycles. The van der Waals surface area contributed by atoms with Crippen LogP contribution >= 0.6 is 0 Å². The monoisotopic (exact) mass is 474 g/mol. The minimum absolute atomic E-state index is 0.0200. The molecule has 11 heteroatoms. The second-order valence-corrected chi connectivity index (χ2v) is 8.11. The smallest absolute Gasteiger partial charge is 0.416 e. The van der Waals surface area contributed by atoms with Crippen LogP contribution in [0.1, 0.15) is 48.7 Å². The van der Waals surface area contributed by atoms with Crippen LogP contribution in [0.25, 0.3) is 0 Å². The molecule has 180 valence electrons. The van der Waals surface area contributed by atoms with Crippen LogP contribution in [0, 0.1) is 11.6 Å². The normalized spacial score (nSPS) is 11.8. The van der Waals surface area contributed by atoms with Gasteiger partial charge in [0, 0.05) is 17.8 Å². The molecule has 0 aliphatic carbocycles. The summed E-state index contributed by atoms with van der Waals surface area (Å²) in [6.45, 7) is 5.11. The predicted molar refractivity (Wildman–Crippen MR) is 111 cm³/mol. The van der Waals surface area contributed by atoms with E-state index in [9.17, 15) is 36.6 Å². The molecule has 2 aromatic carbocycles. The second kappa shape index (κ2) is 10.1. The quantitative estimate of drug-likeness (QED) is 0.345. The van der Waals surface area contributed by atoms with Crippen molar-refractivity contribution in [2.24, 2.45) is 0 Å². The van der Waals surface area contributed by atoms with E-state index >= 15 is 0 Å². The van der Waals surface area contributed by atoms with Gasteiger partial charge in [0.25, 0.3) is 0 Å². The van der Waals surface area contributed by atoms with E-state index < -0.39 is 46.6 Å². The highest BCUT2D eigenvalue weighted by molar-refractivity contribution is 5.95.